The maximum atomic E-state index is 12.7. The quantitative estimate of drug-likeness (QED) is 0.616. The standard InChI is InChI=1S/C23H23N3O3/c1-3-16(2)25-22(27)17-13-18(15-24-14-17)23(28)26-20-11-7-8-12-21(20)29-19-9-5-4-6-10-19/h4-16H,3H2,1-2H3,(H,25,27)(H,26,28). The van der Waals surface area contributed by atoms with Crippen LogP contribution in [0.15, 0.2) is 73.1 Å². The summed E-state index contributed by atoms with van der Waals surface area (Å²) in [6.45, 7) is 3.91. The van der Waals surface area contributed by atoms with E-state index in [1.54, 1.807) is 12.1 Å². The van der Waals surface area contributed by atoms with Gasteiger partial charge in [0, 0.05) is 18.4 Å². The van der Waals surface area contributed by atoms with Crippen LogP contribution in [-0.4, -0.2) is 22.8 Å². The van der Waals surface area contributed by atoms with Crippen LogP contribution in [0.5, 0.6) is 11.5 Å². The highest BCUT2D eigenvalue weighted by molar-refractivity contribution is 6.06. The van der Waals surface area contributed by atoms with E-state index in [2.05, 4.69) is 15.6 Å². The highest BCUT2D eigenvalue weighted by atomic mass is 16.5. The predicted molar refractivity (Wildman–Crippen MR) is 112 cm³/mol. The minimum absolute atomic E-state index is 0.0435. The Balaban J connectivity index is 1.76. The minimum atomic E-state index is -0.375. The van der Waals surface area contributed by atoms with Gasteiger partial charge in [-0.15, -0.1) is 0 Å². The van der Waals surface area contributed by atoms with Crippen molar-refractivity contribution in [1.29, 1.82) is 0 Å². The summed E-state index contributed by atoms with van der Waals surface area (Å²) in [5.74, 6) is 0.555. The molecule has 0 saturated carbocycles. The number of nitrogens with one attached hydrogen (secondary N) is 2. The van der Waals surface area contributed by atoms with Gasteiger partial charge in [0.15, 0.2) is 5.75 Å². The minimum Gasteiger partial charge on any atom is -0.455 e. The van der Waals surface area contributed by atoms with Gasteiger partial charge in [-0.2, -0.15) is 0 Å². The van der Waals surface area contributed by atoms with Crippen molar-refractivity contribution in [3.8, 4) is 11.5 Å². The molecule has 2 aromatic carbocycles. The molecule has 1 heterocycles. The van der Waals surface area contributed by atoms with Crippen LogP contribution in [0.2, 0.25) is 0 Å². The van der Waals surface area contributed by atoms with Gasteiger partial charge < -0.3 is 15.4 Å². The summed E-state index contributed by atoms with van der Waals surface area (Å²) < 4.78 is 5.87. The Kier molecular flexibility index (Phi) is 6.58. The fourth-order valence-corrected chi connectivity index (χ4v) is 2.57. The number of ether oxygens (including phenoxy) is 1. The lowest BCUT2D eigenvalue weighted by molar-refractivity contribution is 0.0939. The van der Waals surface area contributed by atoms with Crippen LogP contribution in [0.25, 0.3) is 0 Å². The molecule has 0 aliphatic rings. The molecule has 2 amide bonds. The molecule has 2 N–H and O–H groups in total. The van der Waals surface area contributed by atoms with Gasteiger partial charge in [-0.1, -0.05) is 37.3 Å². The summed E-state index contributed by atoms with van der Waals surface area (Å²) in [6.07, 6.45) is 3.69. The number of pyridine rings is 1. The zero-order valence-electron chi connectivity index (χ0n) is 16.4. The molecule has 29 heavy (non-hydrogen) atoms. The van der Waals surface area contributed by atoms with E-state index in [1.165, 1.54) is 18.5 Å². The lowest BCUT2D eigenvalue weighted by Gasteiger charge is -2.13. The molecule has 3 rings (SSSR count). The Hall–Kier alpha value is -3.67. The lowest BCUT2D eigenvalue weighted by Crippen LogP contribution is -2.32. The molecular formula is C23H23N3O3. The van der Waals surface area contributed by atoms with Crippen molar-refractivity contribution in [1.82, 2.24) is 10.3 Å². The number of amides is 2. The monoisotopic (exact) mass is 389 g/mol. The van der Waals surface area contributed by atoms with E-state index >= 15 is 0 Å². The second-order valence-electron chi connectivity index (χ2n) is 6.61. The van der Waals surface area contributed by atoms with Gasteiger partial charge in [-0.05, 0) is 43.7 Å². The molecule has 6 nitrogen and oxygen atoms in total. The first kappa shape index (κ1) is 20.1. The van der Waals surface area contributed by atoms with Gasteiger partial charge in [-0.3, -0.25) is 14.6 Å². The van der Waals surface area contributed by atoms with Crippen molar-refractivity contribution in [3.63, 3.8) is 0 Å². The largest absolute Gasteiger partial charge is 0.455 e. The Labute approximate surface area is 169 Å². The third kappa shape index (κ3) is 5.42. The third-order valence-electron chi connectivity index (χ3n) is 4.36. The van der Waals surface area contributed by atoms with Crippen molar-refractivity contribution >= 4 is 17.5 Å². The molecule has 0 aliphatic heterocycles. The topological polar surface area (TPSA) is 80.3 Å². The van der Waals surface area contributed by atoms with Gasteiger partial charge in [-0.25, -0.2) is 0 Å². The van der Waals surface area contributed by atoms with Crippen LogP contribution in [0, 0.1) is 0 Å². The summed E-state index contributed by atoms with van der Waals surface area (Å²) in [4.78, 5) is 29.1. The van der Waals surface area contributed by atoms with Gasteiger partial charge in [0.25, 0.3) is 11.8 Å². The maximum absolute atomic E-state index is 12.7. The molecule has 6 heteroatoms. The summed E-state index contributed by atoms with van der Waals surface area (Å²) in [7, 11) is 0. The second kappa shape index (κ2) is 9.50. The molecule has 1 aromatic heterocycles. The lowest BCUT2D eigenvalue weighted by atomic mass is 10.1. The molecule has 1 unspecified atom stereocenters. The number of aromatic nitrogens is 1. The van der Waals surface area contributed by atoms with Crippen molar-refractivity contribution < 1.29 is 14.3 Å². The number of nitrogens with zero attached hydrogens (tertiary/aromatic N) is 1. The number of carbonyl (C=O) groups is 2. The summed E-state index contributed by atoms with van der Waals surface area (Å²) in [6, 6.07) is 18.1. The molecule has 148 valence electrons. The summed E-state index contributed by atoms with van der Waals surface area (Å²) in [5, 5.41) is 5.70. The van der Waals surface area contributed by atoms with E-state index in [4.69, 9.17) is 4.74 Å². The van der Waals surface area contributed by atoms with Crippen LogP contribution in [-0.2, 0) is 0 Å². The van der Waals surface area contributed by atoms with Crippen LogP contribution in [0.1, 0.15) is 41.0 Å². The molecule has 0 spiro atoms. The fourth-order valence-electron chi connectivity index (χ4n) is 2.57. The zero-order chi connectivity index (χ0) is 20.6. The second-order valence-corrected chi connectivity index (χ2v) is 6.61. The van der Waals surface area contributed by atoms with E-state index in [0.29, 0.717) is 22.7 Å². The zero-order valence-corrected chi connectivity index (χ0v) is 16.4. The summed E-state index contributed by atoms with van der Waals surface area (Å²) >= 11 is 0. The SMILES string of the molecule is CCC(C)NC(=O)c1cncc(C(=O)Nc2ccccc2Oc2ccccc2)c1. The fraction of sp³-hybridized carbons (Fsp3) is 0.174. The maximum Gasteiger partial charge on any atom is 0.257 e. The Morgan fingerprint density at radius 2 is 1.62 bits per heavy atom. The number of hydrogen-bond donors (Lipinski definition) is 2. The van der Waals surface area contributed by atoms with Crippen molar-refractivity contribution in [2.24, 2.45) is 0 Å². The Morgan fingerprint density at radius 3 is 2.34 bits per heavy atom. The number of carbonyl (C=O) groups excluding carboxylic acids is 2. The highest BCUT2D eigenvalue weighted by Gasteiger charge is 2.14. The molecule has 0 aliphatic carbocycles. The molecule has 0 bridgehead atoms. The highest BCUT2D eigenvalue weighted by Crippen LogP contribution is 2.29. The number of hydrogen-bond acceptors (Lipinski definition) is 4. The number of para-hydroxylation sites is 3. The average Bonchev–Trinajstić information content (AvgIpc) is 2.75. The first-order chi connectivity index (χ1) is 14.1. The van der Waals surface area contributed by atoms with Crippen LogP contribution in [0.4, 0.5) is 5.69 Å². The van der Waals surface area contributed by atoms with E-state index < -0.39 is 0 Å². The van der Waals surface area contributed by atoms with Crippen molar-refractivity contribution in [2.45, 2.75) is 26.3 Å². The Morgan fingerprint density at radius 1 is 0.966 bits per heavy atom. The first-order valence-electron chi connectivity index (χ1n) is 9.46. The molecule has 0 radical (unpaired) electrons. The molecule has 0 fully saturated rings. The number of rotatable bonds is 7. The Bertz CT molecular complexity index is 989. The number of benzene rings is 2. The normalized spacial score (nSPS) is 11.4. The first-order valence-corrected chi connectivity index (χ1v) is 9.46. The van der Waals surface area contributed by atoms with Crippen molar-refractivity contribution in [3.05, 3.63) is 84.2 Å². The third-order valence-corrected chi connectivity index (χ3v) is 4.36. The summed E-state index contributed by atoms with van der Waals surface area (Å²) in [5.41, 5.74) is 1.15. The molecular weight excluding hydrogens is 366 g/mol. The number of anilines is 1. The van der Waals surface area contributed by atoms with Crippen LogP contribution >= 0.6 is 0 Å². The predicted octanol–water partition coefficient (Wildman–Crippen LogP) is 4.65. The van der Waals surface area contributed by atoms with Crippen molar-refractivity contribution in [2.75, 3.05) is 5.32 Å². The van der Waals surface area contributed by atoms with E-state index in [9.17, 15) is 9.59 Å². The van der Waals surface area contributed by atoms with E-state index in [1.807, 2.05) is 56.3 Å². The van der Waals surface area contributed by atoms with Crippen LogP contribution < -0.4 is 15.4 Å². The van der Waals surface area contributed by atoms with Gasteiger partial charge in [0.1, 0.15) is 5.75 Å². The van der Waals surface area contributed by atoms with Gasteiger partial charge in [0.05, 0.1) is 16.8 Å². The van der Waals surface area contributed by atoms with E-state index in [0.717, 1.165) is 6.42 Å². The van der Waals surface area contributed by atoms with Crippen LogP contribution in [0.3, 0.4) is 0 Å². The van der Waals surface area contributed by atoms with E-state index in [-0.39, 0.29) is 23.4 Å². The molecule has 0 saturated heterocycles. The molecule has 1 atom stereocenters. The van der Waals surface area contributed by atoms with Gasteiger partial charge in [0.2, 0.25) is 0 Å². The smallest absolute Gasteiger partial charge is 0.257 e. The molecule has 3 aromatic rings. The average molecular weight is 389 g/mol. The van der Waals surface area contributed by atoms with Gasteiger partial charge >= 0.3 is 0 Å².